The number of hydrogen-bond donors (Lipinski definition) is 2. The highest BCUT2D eigenvalue weighted by atomic mass is 32.2. The highest BCUT2D eigenvalue weighted by molar-refractivity contribution is 8.13. The Morgan fingerprint density at radius 2 is 2.33 bits per heavy atom. The van der Waals surface area contributed by atoms with E-state index >= 15 is 0 Å². The largest absolute Gasteiger partial charge is 0.399 e. The lowest BCUT2D eigenvalue weighted by molar-refractivity contribution is 0.667. The van der Waals surface area contributed by atoms with Crippen LogP contribution in [-0.4, -0.2) is 9.42 Å². The van der Waals surface area contributed by atoms with Gasteiger partial charge in [-0.2, -0.15) is 0 Å². The Kier molecular flexibility index (Phi) is 1.73. The Morgan fingerprint density at radius 3 is 2.78 bits per heavy atom. The van der Waals surface area contributed by atoms with E-state index in [4.69, 9.17) is 10.3 Å². The topological polar surface area (TPSA) is 46.2 Å². The summed E-state index contributed by atoms with van der Waals surface area (Å²) in [5, 5.41) is 1.70. The Labute approximate surface area is 56.8 Å². The lowest BCUT2D eigenvalue weighted by atomic mass is 10.3. The first-order valence-electron chi connectivity index (χ1n) is 2.61. The summed E-state index contributed by atoms with van der Waals surface area (Å²) in [5.41, 5.74) is 6.15. The van der Waals surface area contributed by atoms with Gasteiger partial charge in [0.25, 0.3) is 0 Å². The molecule has 0 spiro atoms. The van der Waals surface area contributed by atoms with Crippen molar-refractivity contribution < 1.29 is 4.55 Å². The highest BCUT2D eigenvalue weighted by Gasteiger charge is 1.96. The molecule has 1 aliphatic heterocycles. The van der Waals surface area contributed by atoms with E-state index in [2.05, 4.69) is 0 Å². The minimum Gasteiger partial charge on any atom is -0.399 e. The van der Waals surface area contributed by atoms with E-state index in [0.717, 1.165) is 4.86 Å². The van der Waals surface area contributed by atoms with Gasteiger partial charge in [-0.15, -0.1) is 0 Å². The Bertz CT molecular complexity index is 215. The first-order valence-corrected chi connectivity index (χ1v) is 3.86. The van der Waals surface area contributed by atoms with Crippen LogP contribution in [0.3, 0.4) is 0 Å². The maximum absolute atomic E-state index is 9.10. The van der Waals surface area contributed by atoms with Crippen molar-refractivity contribution in [2.75, 3.05) is 0 Å². The van der Waals surface area contributed by atoms with Crippen molar-refractivity contribution in [1.29, 1.82) is 0 Å². The van der Waals surface area contributed by atoms with Gasteiger partial charge < -0.3 is 10.3 Å². The molecule has 0 aromatic carbocycles. The predicted molar refractivity (Wildman–Crippen MR) is 42.3 cm³/mol. The van der Waals surface area contributed by atoms with Crippen molar-refractivity contribution in [2.24, 2.45) is 5.73 Å². The van der Waals surface area contributed by atoms with Crippen LogP contribution in [0.15, 0.2) is 23.3 Å². The van der Waals surface area contributed by atoms with Crippen LogP contribution >= 0.6 is 10.8 Å². The number of hydrogen-bond acceptors (Lipinski definition) is 2. The molecule has 0 saturated carbocycles. The average Bonchev–Trinajstić information content (AvgIpc) is 1.80. The molecule has 0 aliphatic carbocycles. The SMILES string of the molecule is CC1=S(O)C=CC(N)=C1. The van der Waals surface area contributed by atoms with Gasteiger partial charge in [-0.25, -0.2) is 0 Å². The van der Waals surface area contributed by atoms with Gasteiger partial charge in [-0.3, -0.25) is 0 Å². The summed E-state index contributed by atoms with van der Waals surface area (Å²) in [6, 6.07) is 0. The van der Waals surface area contributed by atoms with Crippen molar-refractivity contribution in [1.82, 2.24) is 0 Å². The van der Waals surface area contributed by atoms with Gasteiger partial charge in [0.2, 0.25) is 0 Å². The lowest BCUT2D eigenvalue weighted by Crippen LogP contribution is -2.00. The van der Waals surface area contributed by atoms with Crippen molar-refractivity contribution in [2.45, 2.75) is 6.92 Å². The molecule has 0 aromatic heterocycles. The minimum absolute atomic E-state index is 0.676. The van der Waals surface area contributed by atoms with E-state index in [1.807, 2.05) is 6.92 Å². The third kappa shape index (κ3) is 1.43. The molecule has 0 bridgehead atoms. The quantitative estimate of drug-likeness (QED) is 0.502. The standard InChI is InChI=1S/C6H9NOS/c1-5-4-6(7)2-3-9(5)8/h2-4,8H,7H2,1H3. The molecule has 1 rings (SSSR count). The summed E-state index contributed by atoms with van der Waals surface area (Å²) < 4.78 is 9.10. The molecule has 1 aliphatic rings. The van der Waals surface area contributed by atoms with E-state index in [-0.39, 0.29) is 0 Å². The molecule has 0 aromatic rings. The zero-order valence-corrected chi connectivity index (χ0v) is 5.98. The fraction of sp³-hybridized carbons (Fsp3) is 0.167. The second-order valence-electron chi connectivity index (χ2n) is 1.87. The zero-order chi connectivity index (χ0) is 6.85. The number of nitrogens with two attached hydrogens (primary N) is 1. The predicted octanol–water partition coefficient (Wildman–Crippen LogP) is 1.29. The molecule has 2 nitrogen and oxygen atoms in total. The van der Waals surface area contributed by atoms with Crippen molar-refractivity contribution >= 4 is 15.6 Å². The molecule has 9 heavy (non-hydrogen) atoms. The molecule has 0 radical (unpaired) electrons. The Morgan fingerprint density at radius 1 is 1.67 bits per heavy atom. The first kappa shape index (κ1) is 6.58. The first-order chi connectivity index (χ1) is 4.20. The number of allylic oxidation sites excluding steroid dienone is 2. The van der Waals surface area contributed by atoms with Gasteiger partial charge in [0.15, 0.2) is 0 Å². The molecule has 0 amide bonds. The molecule has 50 valence electrons. The van der Waals surface area contributed by atoms with Gasteiger partial charge in [0, 0.05) is 10.6 Å². The fourth-order valence-electron chi connectivity index (χ4n) is 0.594. The van der Waals surface area contributed by atoms with E-state index in [9.17, 15) is 0 Å². The van der Waals surface area contributed by atoms with Crippen LogP contribution in [0.4, 0.5) is 0 Å². The molecule has 3 heteroatoms. The Hall–Kier alpha value is -0.540. The third-order valence-electron chi connectivity index (χ3n) is 1.09. The summed E-state index contributed by atoms with van der Waals surface area (Å²) in [7, 11) is -0.676. The molecule has 1 atom stereocenters. The maximum atomic E-state index is 9.10. The van der Waals surface area contributed by atoms with Gasteiger partial charge >= 0.3 is 0 Å². The van der Waals surface area contributed by atoms with Gasteiger partial charge in [0.05, 0.1) is 0 Å². The van der Waals surface area contributed by atoms with Crippen LogP contribution in [0.2, 0.25) is 0 Å². The number of rotatable bonds is 0. The lowest BCUT2D eigenvalue weighted by Gasteiger charge is -2.03. The van der Waals surface area contributed by atoms with E-state index in [0.29, 0.717) is 5.70 Å². The van der Waals surface area contributed by atoms with Crippen LogP contribution in [-0.2, 0) is 0 Å². The molecule has 0 fully saturated rings. The smallest absolute Gasteiger partial charge is 0.0328 e. The monoisotopic (exact) mass is 143 g/mol. The van der Waals surface area contributed by atoms with Gasteiger partial charge in [-0.05, 0) is 35.2 Å². The molecular formula is C6H9NOS. The normalized spacial score (nSPS) is 26.2. The summed E-state index contributed by atoms with van der Waals surface area (Å²) >= 11 is 0. The Balaban J connectivity index is 3.01. The summed E-state index contributed by atoms with van der Waals surface area (Å²) in [6.07, 6.45) is 3.50. The van der Waals surface area contributed by atoms with Crippen LogP contribution in [0.25, 0.3) is 0 Å². The van der Waals surface area contributed by atoms with Crippen LogP contribution in [0.5, 0.6) is 0 Å². The molecule has 1 heterocycles. The zero-order valence-electron chi connectivity index (χ0n) is 5.16. The summed E-state index contributed by atoms with van der Waals surface area (Å²) in [6.45, 7) is 1.86. The van der Waals surface area contributed by atoms with Crippen molar-refractivity contribution in [3.8, 4) is 0 Å². The second-order valence-corrected chi connectivity index (χ2v) is 3.42. The molecule has 0 saturated heterocycles. The van der Waals surface area contributed by atoms with Crippen LogP contribution in [0.1, 0.15) is 6.92 Å². The molecule has 1 unspecified atom stereocenters. The molecular weight excluding hydrogens is 134 g/mol. The van der Waals surface area contributed by atoms with Crippen molar-refractivity contribution in [3.05, 3.63) is 23.3 Å². The summed E-state index contributed by atoms with van der Waals surface area (Å²) in [4.78, 5) is 0.926. The fourth-order valence-corrected chi connectivity index (χ4v) is 1.35. The van der Waals surface area contributed by atoms with E-state index in [1.54, 1.807) is 17.6 Å². The molecule has 3 N–H and O–H groups in total. The second kappa shape index (κ2) is 2.37. The average molecular weight is 143 g/mol. The van der Waals surface area contributed by atoms with Crippen LogP contribution in [0, 0.1) is 0 Å². The third-order valence-corrected chi connectivity index (χ3v) is 2.26. The summed E-state index contributed by atoms with van der Waals surface area (Å²) in [5.74, 6) is 0. The van der Waals surface area contributed by atoms with Crippen LogP contribution < -0.4 is 5.73 Å². The maximum Gasteiger partial charge on any atom is 0.0328 e. The minimum atomic E-state index is -0.676. The highest BCUT2D eigenvalue weighted by Crippen LogP contribution is 2.16. The van der Waals surface area contributed by atoms with E-state index in [1.165, 1.54) is 0 Å². The van der Waals surface area contributed by atoms with Gasteiger partial charge in [0.1, 0.15) is 0 Å². The van der Waals surface area contributed by atoms with E-state index < -0.39 is 10.8 Å². The van der Waals surface area contributed by atoms with Gasteiger partial charge in [-0.1, -0.05) is 0 Å². The van der Waals surface area contributed by atoms with Crippen molar-refractivity contribution in [3.63, 3.8) is 0 Å².